The van der Waals surface area contributed by atoms with Crippen LogP contribution in [0.15, 0.2) is 227 Å². The summed E-state index contributed by atoms with van der Waals surface area (Å²) in [5.74, 6) is 0.600. The second-order valence-corrected chi connectivity index (χ2v) is 14.8. The molecule has 0 bridgehead atoms. The van der Waals surface area contributed by atoms with Crippen molar-refractivity contribution >= 4 is 50.1 Å². The van der Waals surface area contributed by atoms with Crippen LogP contribution in [0.5, 0.6) is 0 Å². The molecule has 9 aromatic carbocycles. The van der Waals surface area contributed by atoms with Gasteiger partial charge in [-0.25, -0.2) is 4.98 Å². The third-order valence-electron chi connectivity index (χ3n) is 11.1. The molecule has 4 nitrogen and oxygen atoms in total. The molecule has 0 radical (unpaired) electrons. The summed E-state index contributed by atoms with van der Waals surface area (Å²) in [6.45, 7) is 0. The minimum absolute atomic E-state index is 0.600. The zero-order valence-electron chi connectivity index (χ0n) is 32.0. The number of anilines is 3. The van der Waals surface area contributed by atoms with Crippen LogP contribution in [0, 0.1) is 0 Å². The average Bonchev–Trinajstić information content (AvgIpc) is 3.90. The highest BCUT2D eigenvalue weighted by Crippen LogP contribution is 2.42. The van der Waals surface area contributed by atoms with Crippen molar-refractivity contribution < 1.29 is 8.83 Å². The van der Waals surface area contributed by atoms with E-state index < -0.39 is 0 Å². The molecule has 0 N–H and O–H groups in total. The smallest absolute Gasteiger partial charge is 0.227 e. The summed E-state index contributed by atoms with van der Waals surface area (Å²) in [5.41, 5.74) is 16.6. The molecule has 0 unspecified atom stereocenters. The Labute approximate surface area is 341 Å². The van der Waals surface area contributed by atoms with Gasteiger partial charge in [-0.1, -0.05) is 146 Å². The fourth-order valence-electron chi connectivity index (χ4n) is 8.16. The summed E-state index contributed by atoms with van der Waals surface area (Å²) >= 11 is 0. The van der Waals surface area contributed by atoms with Gasteiger partial charge in [-0.2, -0.15) is 0 Å². The van der Waals surface area contributed by atoms with Crippen LogP contribution < -0.4 is 4.90 Å². The molecule has 0 atom stereocenters. The van der Waals surface area contributed by atoms with Gasteiger partial charge in [0.25, 0.3) is 0 Å². The van der Waals surface area contributed by atoms with E-state index >= 15 is 0 Å². The summed E-state index contributed by atoms with van der Waals surface area (Å²) in [7, 11) is 0. The van der Waals surface area contributed by atoms with Gasteiger partial charge in [0.1, 0.15) is 16.7 Å². The van der Waals surface area contributed by atoms with Crippen LogP contribution in [-0.2, 0) is 0 Å². The maximum absolute atomic E-state index is 6.34. The van der Waals surface area contributed by atoms with Gasteiger partial charge in [-0.3, -0.25) is 0 Å². The fraction of sp³-hybridized carbons (Fsp3) is 0. The van der Waals surface area contributed by atoms with Crippen LogP contribution in [0.1, 0.15) is 0 Å². The predicted octanol–water partition coefficient (Wildman–Crippen LogP) is 15.5. The molecule has 0 saturated heterocycles. The lowest BCUT2D eigenvalue weighted by atomic mass is 9.93. The van der Waals surface area contributed by atoms with Gasteiger partial charge in [0.15, 0.2) is 5.58 Å². The van der Waals surface area contributed by atoms with E-state index in [1.165, 1.54) is 33.4 Å². The molecule has 11 rings (SSSR count). The van der Waals surface area contributed by atoms with E-state index in [0.717, 1.165) is 66.8 Å². The Bertz CT molecular complexity index is 3230. The molecule has 0 aliphatic carbocycles. The third kappa shape index (κ3) is 6.43. The van der Waals surface area contributed by atoms with Gasteiger partial charge in [0, 0.05) is 39.5 Å². The maximum atomic E-state index is 6.34. The molecule has 0 saturated carbocycles. The Morgan fingerprint density at radius 2 is 0.797 bits per heavy atom. The first-order valence-electron chi connectivity index (χ1n) is 19.9. The van der Waals surface area contributed by atoms with Crippen molar-refractivity contribution in [1.82, 2.24) is 4.98 Å². The van der Waals surface area contributed by atoms with E-state index in [2.05, 4.69) is 187 Å². The molecule has 0 spiro atoms. The molecule has 0 aliphatic heterocycles. The van der Waals surface area contributed by atoms with Crippen LogP contribution in [0.4, 0.5) is 17.1 Å². The number of benzene rings is 9. The van der Waals surface area contributed by atoms with Gasteiger partial charge < -0.3 is 13.7 Å². The lowest BCUT2D eigenvalue weighted by Crippen LogP contribution is -2.10. The largest absolute Gasteiger partial charge is 0.456 e. The summed E-state index contributed by atoms with van der Waals surface area (Å²) in [6.07, 6.45) is 0. The van der Waals surface area contributed by atoms with E-state index in [4.69, 9.17) is 13.8 Å². The van der Waals surface area contributed by atoms with Crippen molar-refractivity contribution in [2.24, 2.45) is 0 Å². The molecule has 2 aromatic heterocycles. The fourth-order valence-corrected chi connectivity index (χ4v) is 8.16. The van der Waals surface area contributed by atoms with Gasteiger partial charge in [-0.15, -0.1) is 0 Å². The molecule has 59 heavy (non-hydrogen) atoms. The van der Waals surface area contributed by atoms with Crippen LogP contribution in [0.3, 0.4) is 0 Å². The Morgan fingerprint density at radius 1 is 0.305 bits per heavy atom. The predicted molar refractivity (Wildman–Crippen MR) is 243 cm³/mol. The van der Waals surface area contributed by atoms with E-state index in [0.29, 0.717) is 5.89 Å². The van der Waals surface area contributed by atoms with E-state index in [9.17, 15) is 0 Å². The molecular weight excluding hydrogens is 721 g/mol. The van der Waals surface area contributed by atoms with Gasteiger partial charge in [-0.05, 0) is 111 Å². The average molecular weight is 757 g/mol. The number of hydrogen-bond acceptors (Lipinski definition) is 4. The zero-order valence-corrected chi connectivity index (χ0v) is 32.0. The minimum Gasteiger partial charge on any atom is -0.456 e. The van der Waals surface area contributed by atoms with Crippen molar-refractivity contribution in [2.75, 3.05) is 4.90 Å². The zero-order chi connectivity index (χ0) is 39.1. The lowest BCUT2D eigenvalue weighted by molar-refractivity contribution is 0.620. The van der Waals surface area contributed by atoms with Crippen molar-refractivity contribution in [1.29, 1.82) is 0 Å². The van der Waals surface area contributed by atoms with Crippen LogP contribution in [0.2, 0.25) is 0 Å². The third-order valence-corrected chi connectivity index (χ3v) is 11.1. The second-order valence-electron chi connectivity index (χ2n) is 14.8. The summed E-state index contributed by atoms with van der Waals surface area (Å²) < 4.78 is 12.6. The standard InChI is InChI=1S/C55H36N2O2/c1-5-13-37(14-6-1)38-21-26-44(27-22-38)57(46-30-31-47(40-15-7-2-8-16-40)48(34-46)41-17-9-3-10-18-41)45-28-23-39(24-29-45)43-25-32-52-49(33-43)50-35-54-51(36-53(50)58-52)56-55(59-54)42-19-11-4-12-20-42/h1-36H. The van der Waals surface area contributed by atoms with Gasteiger partial charge in [0.2, 0.25) is 5.89 Å². The molecule has 4 heteroatoms. The summed E-state index contributed by atoms with van der Waals surface area (Å²) in [6, 6.07) is 76.8. The minimum atomic E-state index is 0.600. The highest BCUT2D eigenvalue weighted by Gasteiger charge is 2.18. The Morgan fingerprint density at radius 3 is 1.42 bits per heavy atom. The summed E-state index contributed by atoms with van der Waals surface area (Å²) in [5, 5.41) is 2.04. The number of aromatic nitrogens is 1. The molecule has 0 fully saturated rings. The molecular formula is C55H36N2O2. The normalized spacial score (nSPS) is 11.4. The number of hydrogen-bond donors (Lipinski definition) is 0. The van der Waals surface area contributed by atoms with Crippen molar-refractivity contribution in [3.05, 3.63) is 218 Å². The molecule has 0 amide bonds. The van der Waals surface area contributed by atoms with E-state index in [1.54, 1.807) is 0 Å². The molecule has 0 aliphatic rings. The maximum Gasteiger partial charge on any atom is 0.227 e. The lowest BCUT2D eigenvalue weighted by Gasteiger charge is -2.27. The van der Waals surface area contributed by atoms with Crippen molar-refractivity contribution in [3.63, 3.8) is 0 Å². The second kappa shape index (κ2) is 14.5. The van der Waals surface area contributed by atoms with Crippen LogP contribution in [0.25, 0.3) is 89.0 Å². The van der Waals surface area contributed by atoms with Gasteiger partial charge in [0.05, 0.1) is 0 Å². The van der Waals surface area contributed by atoms with E-state index in [-0.39, 0.29) is 0 Å². The highest BCUT2D eigenvalue weighted by molar-refractivity contribution is 6.10. The SMILES string of the molecule is c1ccc(-c2ccc(N(c3ccc(-c4ccc5oc6cc7nc(-c8ccccc8)oc7cc6c5c4)cc3)c3ccc(-c4ccccc4)c(-c4ccccc4)c3)cc2)cc1. The number of nitrogens with zero attached hydrogens (tertiary/aromatic N) is 2. The number of rotatable bonds is 8. The first-order valence-corrected chi connectivity index (χ1v) is 19.9. The van der Waals surface area contributed by atoms with Crippen LogP contribution >= 0.6 is 0 Å². The Kier molecular flexibility index (Phi) is 8.45. The molecule has 11 aromatic rings. The number of fused-ring (bicyclic) bond motifs is 4. The number of oxazole rings is 1. The molecule has 2 heterocycles. The Balaban J connectivity index is 0.994. The summed E-state index contributed by atoms with van der Waals surface area (Å²) in [4.78, 5) is 7.11. The first kappa shape index (κ1) is 34.3. The van der Waals surface area contributed by atoms with Gasteiger partial charge >= 0.3 is 0 Å². The monoisotopic (exact) mass is 756 g/mol. The first-order chi connectivity index (χ1) is 29.2. The molecule has 278 valence electrons. The quantitative estimate of drug-likeness (QED) is 0.155. The van der Waals surface area contributed by atoms with Crippen molar-refractivity contribution in [2.45, 2.75) is 0 Å². The van der Waals surface area contributed by atoms with Crippen molar-refractivity contribution in [3.8, 4) is 56.0 Å². The topological polar surface area (TPSA) is 42.4 Å². The number of furan rings is 1. The Hall–Kier alpha value is -7.95. The van der Waals surface area contributed by atoms with E-state index in [1.807, 2.05) is 36.4 Å². The highest BCUT2D eigenvalue weighted by atomic mass is 16.4. The van der Waals surface area contributed by atoms with Crippen LogP contribution in [-0.4, -0.2) is 4.98 Å².